The summed E-state index contributed by atoms with van der Waals surface area (Å²) in [5.41, 5.74) is 3.60. The molecule has 2 aromatic rings. The minimum Gasteiger partial charge on any atom is -0.360 e. The van der Waals surface area contributed by atoms with E-state index in [0.29, 0.717) is 18.1 Å². The number of nitrogens with one attached hydrogen (secondary N) is 2. The van der Waals surface area contributed by atoms with Gasteiger partial charge in [0.15, 0.2) is 5.11 Å². The molecule has 2 N–H and O–H groups in total. The Hall–Kier alpha value is -1.43. The molecule has 2 saturated heterocycles. The van der Waals surface area contributed by atoms with Crippen LogP contribution in [0.4, 0.5) is 5.69 Å². The van der Waals surface area contributed by atoms with Crippen LogP contribution < -0.4 is 10.6 Å². The Balaban J connectivity index is 1.33. The molecule has 3 heterocycles. The lowest BCUT2D eigenvalue weighted by Crippen LogP contribution is -2.50. The molecule has 0 radical (unpaired) electrons. The highest BCUT2D eigenvalue weighted by atomic mass is 32.1. The maximum Gasteiger partial charge on any atom is 0.170 e. The van der Waals surface area contributed by atoms with Gasteiger partial charge in [0.05, 0.1) is 0 Å². The van der Waals surface area contributed by atoms with E-state index in [9.17, 15) is 0 Å². The maximum atomic E-state index is 5.59. The van der Waals surface area contributed by atoms with Gasteiger partial charge in [-0.2, -0.15) is 0 Å². The molecule has 2 aliphatic heterocycles. The largest absolute Gasteiger partial charge is 0.360 e. The van der Waals surface area contributed by atoms with Gasteiger partial charge in [-0.1, -0.05) is 12.1 Å². The summed E-state index contributed by atoms with van der Waals surface area (Å²) in [4.78, 5) is 4.21. The maximum absolute atomic E-state index is 5.59. The summed E-state index contributed by atoms with van der Waals surface area (Å²) in [6.07, 6.45) is 5.03. The molecule has 2 unspecified atom stereocenters. The Labute approximate surface area is 165 Å². The van der Waals surface area contributed by atoms with E-state index in [-0.39, 0.29) is 0 Å². The first-order chi connectivity index (χ1) is 12.6. The van der Waals surface area contributed by atoms with Crippen molar-refractivity contribution < 1.29 is 0 Å². The lowest BCUT2D eigenvalue weighted by molar-refractivity contribution is 0.116. The lowest BCUT2D eigenvalue weighted by atomic mass is 9.97. The number of benzene rings is 1. The van der Waals surface area contributed by atoms with Crippen molar-refractivity contribution in [1.29, 1.82) is 0 Å². The summed E-state index contributed by atoms with van der Waals surface area (Å²) in [7, 11) is 0. The number of nitrogens with zero attached hydrogens (tertiary/aromatic N) is 1. The number of thiocarbonyl (C=S) groups is 1. The first-order valence-electron chi connectivity index (χ1n) is 9.51. The third-order valence-electron chi connectivity index (χ3n) is 5.62. The second-order valence-corrected chi connectivity index (χ2v) is 9.22. The van der Waals surface area contributed by atoms with Gasteiger partial charge >= 0.3 is 0 Å². The van der Waals surface area contributed by atoms with E-state index in [2.05, 4.69) is 65.1 Å². The van der Waals surface area contributed by atoms with Crippen molar-refractivity contribution in [1.82, 2.24) is 10.2 Å². The predicted octanol–water partition coefficient (Wildman–Crippen LogP) is 4.85. The van der Waals surface area contributed by atoms with Crippen LogP contribution in [-0.4, -0.2) is 28.1 Å². The number of thiophene rings is 1. The monoisotopic (exact) mass is 385 g/mol. The molecule has 2 fully saturated rings. The van der Waals surface area contributed by atoms with Crippen molar-refractivity contribution >= 4 is 34.4 Å². The van der Waals surface area contributed by atoms with Crippen LogP contribution in [0.15, 0.2) is 35.7 Å². The Morgan fingerprint density at radius 3 is 2.46 bits per heavy atom. The molecule has 5 heteroatoms. The van der Waals surface area contributed by atoms with Gasteiger partial charge in [-0.25, -0.2) is 0 Å². The van der Waals surface area contributed by atoms with Crippen LogP contribution in [0, 0.1) is 13.8 Å². The zero-order valence-electron chi connectivity index (χ0n) is 15.5. The van der Waals surface area contributed by atoms with E-state index >= 15 is 0 Å². The molecular formula is C21H27N3S2. The van der Waals surface area contributed by atoms with E-state index in [4.69, 9.17) is 12.2 Å². The molecule has 2 aliphatic rings. The summed E-state index contributed by atoms with van der Waals surface area (Å²) in [5.74, 6) is 0. The first kappa shape index (κ1) is 18.0. The Morgan fingerprint density at radius 1 is 1.15 bits per heavy atom. The third kappa shape index (κ3) is 4.11. The van der Waals surface area contributed by atoms with E-state index < -0.39 is 0 Å². The number of aryl methyl sites for hydroxylation is 2. The second-order valence-electron chi connectivity index (χ2n) is 7.78. The molecule has 2 bridgehead atoms. The summed E-state index contributed by atoms with van der Waals surface area (Å²) < 4.78 is 0. The van der Waals surface area contributed by atoms with Crippen LogP contribution in [0.3, 0.4) is 0 Å². The fraction of sp³-hybridized carbons (Fsp3) is 0.476. The van der Waals surface area contributed by atoms with Gasteiger partial charge < -0.3 is 10.6 Å². The molecular weight excluding hydrogens is 358 g/mol. The highest BCUT2D eigenvalue weighted by molar-refractivity contribution is 7.80. The van der Waals surface area contributed by atoms with Gasteiger partial charge in [-0.3, -0.25) is 4.90 Å². The van der Waals surface area contributed by atoms with Gasteiger partial charge in [-0.05, 0) is 86.5 Å². The molecule has 1 aromatic heterocycles. The quantitative estimate of drug-likeness (QED) is 0.736. The molecule has 138 valence electrons. The van der Waals surface area contributed by atoms with Gasteiger partial charge in [0.25, 0.3) is 0 Å². The average molecular weight is 386 g/mol. The van der Waals surface area contributed by atoms with Crippen molar-refractivity contribution in [2.45, 2.75) is 64.2 Å². The predicted molar refractivity (Wildman–Crippen MR) is 115 cm³/mol. The fourth-order valence-electron chi connectivity index (χ4n) is 4.63. The highest BCUT2D eigenvalue weighted by Crippen LogP contribution is 2.37. The molecule has 4 rings (SSSR count). The lowest BCUT2D eigenvalue weighted by Gasteiger charge is -2.39. The van der Waals surface area contributed by atoms with Crippen LogP contribution in [0.5, 0.6) is 0 Å². The molecule has 0 spiro atoms. The minimum atomic E-state index is 0.484. The van der Waals surface area contributed by atoms with Crippen LogP contribution in [0.1, 0.15) is 41.7 Å². The number of piperidine rings is 1. The van der Waals surface area contributed by atoms with Gasteiger partial charge in [0.1, 0.15) is 0 Å². The Bertz CT molecular complexity index is 737. The van der Waals surface area contributed by atoms with Crippen molar-refractivity contribution in [2.24, 2.45) is 0 Å². The van der Waals surface area contributed by atoms with Crippen LogP contribution in [0.2, 0.25) is 0 Å². The van der Waals surface area contributed by atoms with Crippen LogP contribution in [-0.2, 0) is 6.54 Å². The molecule has 3 nitrogen and oxygen atoms in total. The first-order valence-corrected chi connectivity index (χ1v) is 10.8. The van der Waals surface area contributed by atoms with Crippen LogP contribution >= 0.6 is 23.6 Å². The van der Waals surface area contributed by atoms with Gasteiger partial charge in [0, 0.05) is 35.2 Å². The number of anilines is 1. The number of hydrogen-bond acceptors (Lipinski definition) is 3. The van der Waals surface area contributed by atoms with E-state index in [1.165, 1.54) is 41.7 Å². The summed E-state index contributed by atoms with van der Waals surface area (Å²) in [6.45, 7) is 5.36. The van der Waals surface area contributed by atoms with E-state index in [0.717, 1.165) is 17.3 Å². The van der Waals surface area contributed by atoms with Gasteiger partial charge in [-0.15, -0.1) is 11.3 Å². The standard InChI is InChI=1S/C21H27N3S2/c1-14-8-15(2)10-16(9-14)22-21(25)23-17-11-18-5-6-19(12-17)24(18)13-20-4-3-7-26-20/h3-4,7-10,17-19H,5-6,11-13H2,1-2H3,(H2,22,23,25). The average Bonchev–Trinajstić information content (AvgIpc) is 3.14. The molecule has 1 aromatic carbocycles. The Morgan fingerprint density at radius 2 is 1.85 bits per heavy atom. The van der Waals surface area contributed by atoms with Crippen molar-refractivity contribution in [3.63, 3.8) is 0 Å². The topological polar surface area (TPSA) is 27.3 Å². The summed E-state index contributed by atoms with van der Waals surface area (Å²) in [5, 5.41) is 9.90. The zero-order chi connectivity index (χ0) is 18.1. The minimum absolute atomic E-state index is 0.484. The Kier molecular flexibility index (Phi) is 5.30. The van der Waals surface area contributed by atoms with E-state index in [1.807, 2.05) is 11.3 Å². The third-order valence-corrected chi connectivity index (χ3v) is 6.70. The summed E-state index contributed by atoms with van der Waals surface area (Å²) in [6, 6.07) is 12.8. The number of rotatable bonds is 4. The normalized spacial score (nSPS) is 25.2. The zero-order valence-corrected chi connectivity index (χ0v) is 17.1. The molecule has 2 atom stereocenters. The SMILES string of the molecule is Cc1cc(C)cc(NC(=S)NC2CC3CCC(C2)N3Cc2cccs2)c1. The van der Waals surface area contributed by atoms with Gasteiger partial charge in [0.2, 0.25) is 0 Å². The molecule has 0 aliphatic carbocycles. The van der Waals surface area contributed by atoms with Crippen molar-refractivity contribution in [3.05, 3.63) is 51.7 Å². The van der Waals surface area contributed by atoms with Crippen molar-refractivity contribution in [2.75, 3.05) is 5.32 Å². The summed E-state index contributed by atoms with van der Waals surface area (Å²) >= 11 is 7.47. The smallest absolute Gasteiger partial charge is 0.170 e. The molecule has 26 heavy (non-hydrogen) atoms. The van der Waals surface area contributed by atoms with Crippen molar-refractivity contribution in [3.8, 4) is 0 Å². The second kappa shape index (κ2) is 7.67. The molecule has 0 saturated carbocycles. The van der Waals surface area contributed by atoms with Crippen LogP contribution in [0.25, 0.3) is 0 Å². The molecule has 0 amide bonds. The number of hydrogen-bond donors (Lipinski definition) is 2. The highest BCUT2D eigenvalue weighted by Gasteiger charge is 2.40. The van der Waals surface area contributed by atoms with E-state index in [1.54, 1.807) is 0 Å². The number of fused-ring (bicyclic) bond motifs is 2. The fourth-order valence-corrected chi connectivity index (χ4v) is 5.63.